The molecular formula is C14H13NO3S. The van der Waals surface area contributed by atoms with Crippen LogP contribution in [0.25, 0.3) is 0 Å². The van der Waals surface area contributed by atoms with Crippen LogP contribution in [0.3, 0.4) is 0 Å². The Morgan fingerprint density at radius 2 is 2.21 bits per heavy atom. The minimum atomic E-state index is -0.992. The molecular weight excluding hydrogens is 262 g/mol. The fourth-order valence-corrected chi connectivity index (χ4v) is 2.91. The molecule has 0 saturated heterocycles. The highest BCUT2D eigenvalue weighted by Crippen LogP contribution is 2.26. The van der Waals surface area contributed by atoms with Gasteiger partial charge < -0.3 is 9.84 Å². The normalized spacial score (nSPS) is 13.3. The molecule has 0 amide bonds. The lowest BCUT2D eigenvalue weighted by Crippen LogP contribution is -1.99. The molecule has 0 atom stereocenters. The van der Waals surface area contributed by atoms with Gasteiger partial charge in [-0.05, 0) is 42.5 Å². The number of carbonyl (C=O) groups is 1. The van der Waals surface area contributed by atoms with Crippen LogP contribution < -0.4 is 4.74 Å². The van der Waals surface area contributed by atoms with Gasteiger partial charge in [0.05, 0.1) is 5.69 Å². The Labute approximate surface area is 114 Å². The van der Waals surface area contributed by atoms with E-state index in [0.717, 1.165) is 29.9 Å². The number of thiazole rings is 1. The Kier molecular flexibility index (Phi) is 3.21. The van der Waals surface area contributed by atoms with Gasteiger partial charge >= 0.3 is 5.97 Å². The molecule has 98 valence electrons. The van der Waals surface area contributed by atoms with Crippen LogP contribution in [0.4, 0.5) is 0 Å². The molecule has 0 radical (unpaired) electrons. The molecule has 1 aromatic heterocycles. The Morgan fingerprint density at radius 1 is 1.37 bits per heavy atom. The van der Waals surface area contributed by atoms with Crippen molar-refractivity contribution in [2.45, 2.75) is 25.9 Å². The lowest BCUT2D eigenvalue weighted by atomic mass is 10.1. The molecule has 1 aliphatic rings. The number of ether oxygens (including phenoxy) is 1. The molecule has 5 heteroatoms. The van der Waals surface area contributed by atoms with Crippen molar-refractivity contribution >= 4 is 17.3 Å². The zero-order valence-corrected chi connectivity index (χ0v) is 11.1. The van der Waals surface area contributed by atoms with Gasteiger partial charge in [-0.15, -0.1) is 11.3 Å². The van der Waals surface area contributed by atoms with Crippen LogP contribution >= 0.6 is 11.3 Å². The van der Waals surface area contributed by atoms with Crippen molar-refractivity contribution in [3.63, 3.8) is 0 Å². The first kappa shape index (κ1) is 12.2. The minimum absolute atomic E-state index is 0.104. The maximum absolute atomic E-state index is 10.7. The Morgan fingerprint density at radius 3 is 3.00 bits per heavy atom. The quantitative estimate of drug-likeness (QED) is 0.932. The van der Waals surface area contributed by atoms with E-state index < -0.39 is 5.97 Å². The van der Waals surface area contributed by atoms with Crippen LogP contribution in [0.1, 0.15) is 33.0 Å². The molecule has 2 aromatic rings. The number of hydrogen-bond donors (Lipinski definition) is 1. The van der Waals surface area contributed by atoms with Crippen LogP contribution in [0.15, 0.2) is 23.6 Å². The number of carboxylic acid groups (broad SMARTS) is 1. The van der Waals surface area contributed by atoms with Gasteiger partial charge in [-0.25, -0.2) is 9.78 Å². The monoisotopic (exact) mass is 275 g/mol. The average molecular weight is 275 g/mol. The summed E-state index contributed by atoms with van der Waals surface area (Å²) in [7, 11) is 0. The Bertz CT molecular complexity index is 621. The summed E-state index contributed by atoms with van der Waals surface area (Å²) >= 11 is 1.12. The first-order valence-corrected chi connectivity index (χ1v) is 7.02. The van der Waals surface area contributed by atoms with Crippen molar-refractivity contribution in [3.05, 3.63) is 45.4 Å². The van der Waals surface area contributed by atoms with Crippen LogP contribution in [-0.2, 0) is 19.4 Å². The maximum atomic E-state index is 10.7. The molecule has 1 N–H and O–H groups in total. The highest BCUT2D eigenvalue weighted by atomic mass is 32.1. The van der Waals surface area contributed by atoms with Crippen molar-refractivity contribution in [2.24, 2.45) is 0 Å². The smallest absolute Gasteiger partial charge is 0.365 e. The van der Waals surface area contributed by atoms with Crippen molar-refractivity contribution in [1.82, 2.24) is 4.98 Å². The molecule has 4 nitrogen and oxygen atoms in total. The number of fused-ring (bicyclic) bond motifs is 1. The minimum Gasteiger partial charge on any atom is -0.487 e. The van der Waals surface area contributed by atoms with E-state index in [1.807, 2.05) is 6.07 Å². The summed E-state index contributed by atoms with van der Waals surface area (Å²) < 4.78 is 5.66. The number of aryl methyl sites for hydroxylation is 2. The number of nitrogens with zero attached hydrogens (tertiary/aromatic N) is 1. The van der Waals surface area contributed by atoms with Gasteiger partial charge in [0.15, 0.2) is 0 Å². The van der Waals surface area contributed by atoms with Crippen LogP contribution in [-0.4, -0.2) is 16.1 Å². The SMILES string of the molecule is O=C(O)c1nc(COc2ccc3c(c2)CCC3)cs1. The third kappa shape index (κ3) is 2.61. The Balaban J connectivity index is 1.67. The average Bonchev–Trinajstić information content (AvgIpc) is 3.04. The zero-order valence-electron chi connectivity index (χ0n) is 10.3. The van der Waals surface area contributed by atoms with Gasteiger partial charge in [0.25, 0.3) is 0 Å². The van der Waals surface area contributed by atoms with Gasteiger partial charge in [0, 0.05) is 5.38 Å². The molecule has 0 bridgehead atoms. The van der Waals surface area contributed by atoms with Crippen molar-refractivity contribution in [3.8, 4) is 5.75 Å². The van der Waals surface area contributed by atoms with Crippen LogP contribution in [0.2, 0.25) is 0 Å². The standard InChI is InChI=1S/C14H13NO3S/c16-14(17)13-15-11(8-19-13)7-18-12-5-4-9-2-1-3-10(9)6-12/h4-6,8H,1-3,7H2,(H,16,17). The second kappa shape index (κ2) is 5.01. The molecule has 0 spiro atoms. The second-order valence-corrected chi connectivity index (χ2v) is 5.38. The summed E-state index contributed by atoms with van der Waals surface area (Å²) in [6, 6.07) is 6.16. The zero-order chi connectivity index (χ0) is 13.2. The van der Waals surface area contributed by atoms with E-state index in [1.54, 1.807) is 5.38 Å². The number of rotatable bonds is 4. The first-order chi connectivity index (χ1) is 9.22. The Hall–Kier alpha value is -1.88. The van der Waals surface area contributed by atoms with Gasteiger partial charge in [-0.2, -0.15) is 0 Å². The summed E-state index contributed by atoms with van der Waals surface area (Å²) in [5, 5.41) is 10.6. The largest absolute Gasteiger partial charge is 0.487 e. The molecule has 0 aliphatic heterocycles. The number of hydrogen-bond acceptors (Lipinski definition) is 4. The van der Waals surface area contributed by atoms with Crippen molar-refractivity contribution in [1.29, 1.82) is 0 Å². The highest BCUT2D eigenvalue weighted by molar-refractivity contribution is 7.11. The van der Waals surface area contributed by atoms with Gasteiger partial charge in [0.1, 0.15) is 12.4 Å². The van der Waals surface area contributed by atoms with E-state index in [1.165, 1.54) is 17.5 Å². The third-order valence-corrected chi connectivity index (χ3v) is 4.07. The van der Waals surface area contributed by atoms with E-state index in [9.17, 15) is 4.79 Å². The van der Waals surface area contributed by atoms with Gasteiger partial charge in [0.2, 0.25) is 5.01 Å². The second-order valence-electron chi connectivity index (χ2n) is 4.52. The van der Waals surface area contributed by atoms with E-state index in [0.29, 0.717) is 12.3 Å². The predicted molar refractivity (Wildman–Crippen MR) is 71.9 cm³/mol. The maximum Gasteiger partial charge on any atom is 0.365 e. The number of benzene rings is 1. The lowest BCUT2D eigenvalue weighted by molar-refractivity contribution is 0.0696. The molecule has 0 saturated carbocycles. The molecule has 0 unspecified atom stereocenters. The number of carboxylic acids is 1. The van der Waals surface area contributed by atoms with Crippen molar-refractivity contribution in [2.75, 3.05) is 0 Å². The topological polar surface area (TPSA) is 59.4 Å². The molecule has 0 fully saturated rings. The van der Waals surface area contributed by atoms with Gasteiger partial charge in [-0.3, -0.25) is 0 Å². The molecule has 1 aromatic carbocycles. The summed E-state index contributed by atoms with van der Waals surface area (Å²) in [6.07, 6.45) is 3.49. The van der Waals surface area contributed by atoms with E-state index in [2.05, 4.69) is 17.1 Å². The number of aromatic carboxylic acids is 1. The van der Waals surface area contributed by atoms with Gasteiger partial charge in [-0.1, -0.05) is 6.07 Å². The molecule has 3 rings (SSSR count). The summed E-state index contributed by atoms with van der Waals surface area (Å²) in [4.78, 5) is 14.7. The lowest BCUT2D eigenvalue weighted by Gasteiger charge is -2.06. The predicted octanol–water partition coefficient (Wildman–Crippen LogP) is 2.91. The molecule has 1 heterocycles. The summed E-state index contributed by atoms with van der Waals surface area (Å²) in [6.45, 7) is 0.308. The summed E-state index contributed by atoms with van der Waals surface area (Å²) in [5.41, 5.74) is 3.43. The van der Waals surface area contributed by atoms with Crippen LogP contribution in [0, 0.1) is 0 Å². The van der Waals surface area contributed by atoms with E-state index >= 15 is 0 Å². The van der Waals surface area contributed by atoms with Crippen molar-refractivity contribution < 1.29 is 14.6 Å². The third-order valence-electron chi connectivity index (χ3n) is 3.19. The fraction of sp³-hybridized carbons (Fsp3) is 0.286. The number of aromatic nitrogens is 1. The first-order valence-electron chi connectivity index (χ1n) is 6.14. The summed E-state index contributed by atoms with van der Waals surface area (Å²) in [5.74, 6) is -0.167. The van der Waals surface area contributed by atoms with E-state index in [4.69, 9.17) is 9.84 Å². The molecule has 19 heavy (non-hydrogen) atoms. The molecule has 1 aliphatic carbocycles. The highest BCUT2D eigenvalue weighted by Gasteiger charge is 2.12. The van der Waals surface area contributed by atoms with Crippen LogP contribution in [0.5, 0.6) is 5.75 Å². The van der Waals surface area contributed by atoms with E-state index in [-0.39, 0.29) is 5.01 Å². The fourth-order valence-electron chi connectivity index (χ4n) is 2.27.